The minimum atomic E-state index is 0.418. The van der Waals surface area contributed by atoms with Crippen LogP contribution < -0.4 is 0 Å². The van der Waals surface area contributed by atoms with E-state index < -0.39 is 0 Å². The summed E-state index contributed by atoms with van der Waals surface area (Å²) in [5, 5.41) is 0. The van der Waals surface area contributed by atoms with Crippen molar-refractivity contribution in [3.8, 4) is 0 Å². The first-order valence-electron chi connectivity index (χ1n) is 4.52. The SMILES string of the molecule is C=COC1C(C)CCCC1C. The van der Waals surface area contributed by atoms with Crippen LogP contribution in [0.25, 0.3) is 0 Å². The lowest BCUT2D eigenvalue weighted by Gasteiger charge is -2.33. The minimum absolute atomic E-state index is 0.418. The van der Waals surface area contributed by atoms with E-state index in [1.165, 1.54) is 19.3 Å². The summed E-state index contributed by atoms with van der Waals surface area (Å²) in [6, 6.07) is 0. The van der Waals surface area contributed by atoms with Crippen LogP contribution in [-0.4, -0.2) is 6.10 Å². The fourth-order valence-electron chi connectivity index (χ4n) is 2.03. The summed E-state index contributed by atoms with van der Waals surface area (Å²) in [5.74, 6) is 1.41. The van der Waals surface area contributed by atoms with Gasteiger partial charge in [0.25, 0.3) is 0 Å². The van der Waals surface area contributed by atoms with Crippen LogP contribution in [0.2, 0.25) is 0 Å². The van der Waals surface area contributed by atoms with Gasteiger partial charge in [0.05, 0.1) is 6.26 Å². The monoisotopic (exact) mass is 154 g/mol. The highest BCUT2D eigenvalue weighted by Crippen LogP contribution is 2.30. The molecule has 0 spiro atoms. The third-order valence-corrected chi connectivity index (χ3v) is 2.69. The van der Waals surface area contributed by atoms with Gasteiger partial charge in [0.2, 0.25) is 0 Å². The maximum absolute atomic E-state index is 5.47. The van der Waals surface area contributed by atoms with E-state index in [0.717, 1.165) is 0 Å². The highest BCUT2D eigenvalue weighted by Gasteiger charge is 2.27. The van der Waals surface area contributed by atoms with Crippen LogP contribution in [0, 0.1) is 11.8 Å². The molecule has 0 aliphatic heterocycles. The predicted octanol–water partition coefficient (Wildman–Crippen LogP) is 2.97. The molecule has 11 heavy (non-hydrogen) atoms. The first-order valence-corrected chi connectivity index (χ1v) is 4.52. The fraction of sp³-hybridized carbons (Fsp3) is 0.800. The van der Waals surface area contributed by atoms with Crippen molar-refractivity contribution in [2.24, 2.45) is 11.8 Å². The normalized spacial score (nSPS) is 38.2. The summed E-state index contributed by atoms with van der Waals surface area (Å²) in [7, 11) is 0. The fourth-order valence-corrected chi connectivity index (χ4v) is 2.03. The molecule has 64 valence electrons. The van der Waals surface area contributed by atoms with Crippen LogP contribution in [0.15, 0.2) is 12.8 Å². The van der Waals surface area contributed by atoms with Crippen LogP contribution in [-0.2, 0) is 4.74 Å². The topological polar surface area (TPSA) is 9.23 Å². The Morgan fingerprint density at radius 1 is 1.27 bits per heavy atom. The van der Waals surface area contributed by atoms with Crippen molar-refractivity contribution in [1.82, 2.24) is 0 Å². The van der Waals surface area contributed by atoms with Crippen LogP contribution in [0.1, 0.15) is 33.1 Å². The van der Waals surface area contributed by atoms with Gasteiger partial charge in [0.1, 0.15) is 6.10 Å². The third kappa shape index (κ3) is 1.98. The molecule has 1 aliphatic rings. The number of rotatable bonds is 2. The molecule has 1 nitrogen and oxygen atoms in total. The molecule has 0 aromatic heterocycles. The Bertz CT molecular complexity index is 121. The van der Waals surface area contributed by atoms with Gasteiger partial charge in [-0.2, -0.15) is 0 Å². The van der Waals surface area contributed by atoms with Crippen molar-refractivity contribution in [3.63, 3.8) is 0 Å². The Kier molecular flexibility index (Phi) is 2.98. The molecule has 1 saturated carbocycles. The maximum Gasteiger partial charge on any atom is 0.103 e. The van der Waals surface area contributed by atoms with E-state index in [2.05, 4.69) is 20.4 Å². The molecule has 0 saturated heterocycles. The molecule has 2 unspecified atom stereocenters. The van der Waals surface area contributed by atoms with Crippen LogP contribution in [0.5, 0.6) is 0 Å². The maximum atomic E-state index is 5.47. The molecule has 0 radical (unpaired) electrons. The molecular formula is C10H18O. The third-order valence-electron chi connectivity index (χ3n) is 2.69. The van der Waals surface area contributed by atoms with Gasteiger partial charge in [-0.3, -0.25) is 0 Å². The van der Waals surface area contributed by atoms with E-state index in [9.17, 15) is 0 Å². The van der Waals surface area contributed by atoms with E-state index in [4.69, 9.17) is 4.74 Å². The molecule has 2 atom stereocenters. The van der Waals surface area contributed by atoms with Gasteiger partial charge >= 0.3 is 0 Å². The Morgan fingerprint density at radius 2 is 1.82 bits per heavy atom. The van der Waals surface area contributed by atoms with Gasteiger partial charge in [0.15, 0.2) is 0 Å². The van der Waals surface area contributed by atoms with Gasteiger partial charge in [-0.15, -0.1) is 0 Å². The molecule has 0 aromatic carbocycles. The zero-order chi connectivity index (χ0) is 8.27. The average molecular weight is 154 g/mol. The molecule has 1 aliphatic carbocycles. The minimum Gasteiger partial charge on any atom is -0.498 e. The number of ether oxygens (including phenoxy) is 1. The summed E-state index contributed by atoms with van der Waals surface area (Å²) in [6.45, 7) is 8.14. The van der Waals surface area contributed by atoms with E-state index in [1.54, 1.807) is 6.26 Å². The predicted molar refractivity (Wildman–Crippen MR) is 47.2 cm³/mol. The van der Waals surface area contributed by atoms with E-state index in [0.29, 0.717) is 17.9 Å². The standard InChI is InChI=1S/C10H18O/c1-4-11-10-8(2)6-5-7-9(10)3/h4,8-10H,1,5-7H2,2-3H3. The zero-order valence-electron chi connectivity index (χ0n) is 7.55. The number of hydrogen-bond acceptors (Lipinski definition) is 1. The highest BCUT2D eigenvalue weighted by molar-refractivity contribution is 4.79. The van der Waals surface area contributed by atoms with Gasteiger partial charge < -0.3 is 4.74 Å². The van der Waals surface area contributed by atoms with Crippen LogP contribution in [0.4, 0.5) is 0 Å². The number of hydrogen-bond donors (Lipinski definition) is 0. The van der Waals surface area contributed by atoms with Crippen molar-refractivity contribution < 1.29 is 4.74 Å². The van der Waals surface area contributed by atoms with Gasteiger partial charge in [-0.05, 0) is 24.7 Å². The molecule has 1 fully saturated rings. The Labute approximate surface area is 69.4 Å². The zero-order valence-corrected chi connectivity index (χ0v) is 7.55. The molecular weight excluding hydrogens is 136 g/mol. The van der Waals surface area contributed by atoms with Crippen molar-refractivity contribution >= 4 is 0 Å². The molecule has 1 heteroatoms. The quantitative estimate of drug-likeness (QED) is 0.556. The van der Waals surface area contributed by atoms with Crippen molar-refractivity contribution in [2.45, 2.75) is 39.2 Å². The second kappa shape index (κ2) is 3.80. The summed E-state index contributed by atoms with van der Waals surface area (Å²) >= 11 is 0. The molecule has 0 heterocycles. The van der Waals surface area contributed by atoms with Crippen molar-refractivity contribution in [3.05, 3.63) is 12.8 Å². The summed E-state index contributed by atoms with van der Waals surface area (Å²) < 4.78 is 5.47. The van der Waals surface area contributed by atoms with E-state index in [-0.39, 0.29) is 0 Å². The van der Waals surface area contributed by atoms with E-state index >= 15 is 0 Å². The lowest BCUT2D eigenvalue weighted by Crippen LogP contribution is -2.31. The van der Waals surface area contributed by atoms with Gasteiger partial charge in [-0.1, -0.05) is 26.8 Å². The van der Waals surface area contributed by atoms with Crippen molar-refractivity contribution in [1.29, 1.82) is 0 Å². The summed E-state index contributed by atoms with van der Waals surface area (Å²) in [6.07, 6.45) is 5.98. The first-order chi connectivity index (χ1) is 5.25. The van der Waals surface area contributed by atoms with Crippen molar-refractivity contribution in [2.75, 3.05) is 0 Å². The summed E-state index contributed by atoms with van der Waals surface area (Å²) in [4.78, 5) is 0. The largest absolute Gasteiger partial charge is 0.498 e. The molecule has 1 rings (SSSR count). The van der Waals surface area contributed by atoms with Crippen LogP contribution >= 0.6 is 0 Å². The Morgan fingerprint density at radius 3 is 2.27 bits per heavy atom. The smallest absolute Gasteiger partial charge is 0.103 e. The summed E-state index contributed by atoms with van der Waals surface area (Å²) in [5.41, 5.74) is 0. The molecule has 0 bridgehead atoms. The highest BCUT2D eigenvalue weighted by atomic mass is 16.5. The second-order valence-electron chi connectivity index (χ2n) is 3.65. The van der Waals surface area contributed by atoms with Gasteiger partial charge in [0, 0.05) is 0 Å². The van der Waals surface area contributed by atoms with Crippen LogP contribution in [0.3, 0.4) is 0 Å². The second-order valence-corrected chi connectivity index (χ2v) is 3.65. The van der Waals surface area contributed by atoms with Gasteiger partial charge in [-0.25, -0.2) is 0 Å². The molecule has 0 aromatic rings. The Hall–Kier alpha value is -0.460. The lowest BCUT2D eigenvalue weighted by atomic mass is 9.81. The average Bonchev–Trinajstić information content (AvgIpc) is 1.97. The molecule has 0 N–H and O–H groups in total. The Balaban J connectivity index is 2.47. The lowest BCUT2D eigenvalue weighted by molar-refractivity contribution is 0.0193. The van der Waals surface area contributed by atoms with E-state index in [1.807, 2.05) is 0 Å². The first kappa shape index (κ1) is 8.63. The molecule has 0 amide bonds.